The minimum absolute atomic E-state index is 0.442. The number of nitrogens with zero attached hydrogens (tertiary/aromatic N) is 2. The highest BCUT2D eigenvalue weighted by Crippen LogP contribution is 2.28. The van der Waals surface area contributed by atoms with E-state index in [1.54, 1.807) is 11.3 Å². The van der Waals surface area contributed by atoms with Crippen molar-refractivity contribution in [2.45, 2.75) is 32.2 Å². The van der Waals surface area contributed by atoms with Crippen molar-refractivity contribution in [1.82, 2.24) is 9.88 Å². The lowest BCUT2D eigenvalue weighted by molar-refractivity contribution is 0.223. The fraction of sp³-hybridized carbons (Fsp3) is 0.533. The third-order valence-electron chi connectivity index (χ3n) is 3.70. The average molecular weight is 354 g/mol. The molecule has 0 bridgehead atoms. The zero-order valence-corrected chi connectivity index (χ0v) is 14.1. The van der Waals surface area contributed by atoms with Gasteiger partial charge in [0.1, 0.15) is 0 Å². The van der Waals surface area contributed by atoms with Gasteiger partial charge in [0.2, 0.25) is 0 Å². The maximum Gasteiger partial charge on any atom is 0.184 e. The summed E-state index contributed by atoms with van der Waals surface area (Å²) in [5, 5.41) is 4.58. The second-order valence-corrected chi connectivity index (χ2v) is 7.48. The van der Waals surface area contributed by atoms with Crippen LogP contribution in [0.5, 0.6) is 0 Å². The van der Waals surface area contributed by atoms with Crippen LogP contribution in [0.4, 0.5) is 5.13 Å². The molecule has 108 valence electrons. The summed E-state index contributed by atoms with van der Waals surface area (Å²) in [4.78, 5) is 7.22. The summed E-state index contributed by atoms with van der Waals surface area (Å²) in [5.41, 5.74) is 1.07. The number of piperidine rings is 1. The largest absolute Gasteiger partial charge is 0.358 e. The number of anilines is 1. The molecule has 5 heteroatoms. The molecule has 1 aromatic heterocycles. The van der Waals surface area contributed by atoms with Crippen molar-refractivity contribution in [3.63, 3.8) is 0 Å². The standard InChI is InChI=1S/C15H20BrN3S/c1-11(10-19-7-3-2-4-8-19)17-15-18-13-6-5-12(16)9-14(13)20-15/h5-6,9,11H,2-4,7-8,10H2,1H3,(H,17,18). The lowest BCUT2D eigenvalue weighted by Gasteiger charge is -2.29. The van der Waals surface area contributed by atoms with E-state index in [-0.39, 0.29) is 0 Å². The number of hydrogen-bond acceptors (Lipinski definition) is 4. The maximum absolute atomic E-state index is 4.65. The van der Waals surface area contributed by atoms with Crippen molar-refractivity contribution in [2.24, 2.45) is 0 Å². The molecule has 20 heavy (non-hydrogen) atoms. The number of fused-ring (bicyclic) bond motifs is 1. The van der Waals surface area contributed by atoms with Gasteiger partial charge in [0.25, 0.3) is 0 Å². The Bertz CT molecular complexity index is 578. The van der Waals surface area contributed by atoms with E-state index >= 15 is 0 Å². The van der Waals surface area contributed by atoms with Crippen LogP contribution in [0.15, 0.2) is 22.7 Å². The molecule has 0 saturated carbocycles. The van der Waals surface area contributed by atoms with Gasteiger partial charge in [0, 0.05) is 17.1 Å². The fourth-order valence-corrected chi connectivity index (χ4v) is 4.28. The first-order valence-corrected chi connectivity index (χ1v) is 8.86. The van der Waals surface area contributed by atoms with E-state index in [2.05, 4.69) is 50.2 Å². The van der Waals surface area contributed by atoms with Gasteiger partial charge in [0.15, 0.2) is 5.13 Å². The van der Waals surface area contributed by atoms with Crippen LogP contribution in [-0.4, -0.2) is 35.6 Å². The molecule has 3 rings (SSSR count). The fourth-order valence-electron chi connectivity index (χ4n) is 2.75. The Labute approximate surface area is 132 Å². The summed E-state index contributed by atoms with van der Waals surface area (Å²) in [6.45, 7) is 5.85. The third kappa shape index (κ3) is 3.51. The molecule has 0 amide bonds. The molecule has 0 spiro atoms. The first kappa shape index (κ1) is 14.3. The minimum atomic E-state index is 0.442. The van der Waals surface area contributed by atoms with Crippen LogP contribution >= 0.6 is 27.3 Å². The van der Waals surface area contributed by atoms with Gasteiger partial charge < -0.3 is 10.2 Å². The second kappa shape index (κ2) is 6.41. The van der Waals surface area contributed by atoms with Crippen molar-refractivity contribution in [3.05, 3.63) is 22.7 Å². The highest BCUT2D eigenvalue weighted by molar-refractivity contribution is 9.10. The van der Waals surface area contributed by atoms with Crippen molar-refractivity contribution < 1.29 is 0 Å². The Morgan fingerprint density at radius 2 is 2.15 bits per heavy atom. The number of likely N-dealkylation sites (tertiary alicyclic amines) is 1. The minimum Gasteiger partial charge on any atom is -0.358 e. The SMILES string of the molecule is CC(CN1CCCCC1)Nc1nc2ccc(Br)cc2s1. The van der Waals surface area contributed by atoms with E-state index in [0.29, 0.717) is 6.04 Å². The summed E-state index contributed by atoms with van der Waals surface area (Å²) in [7, 11) is 0. The Kier molecular flexibility index (Phi) is 4.58. The molecule has 0 radical (unpaired) electrons. The molecule has 1 saturated heterocycles. The Morgan fingerprint density at radius 1 is 1.35 bits per heavy atom. The molecule has 0 aliphatic carbocycles. The molecule has 1 aliphatic rings. The van der Waals surface area contributed by atoms with Gasteiger partial charge in [-0.2, -0.15) is 0 Å². The zero-order chi connectivity index (χ0) is 13.9. The van der Waals surface area contributed by atoms with Gasteiger partial charge in [-0.25, -0.2) is 4.98 Å². The van der Waals surface area contributed by atoms with Crippen LogP contribution in [0, 0.1) is 0 Å². The smallest absolute Gasteiger partial charge is 0.184 e. The molecule has 2 aromatic rings. The summed E-state index contributed by atoms with van der Waals surface area (Å²) >= 11 is 5.24. The number of benzene rings is 1. The van der Waals surface area contributed by atoms with Crippen LogP contribution in [0.1, 0.15) is 26.2 Å². The Balaban J connectivity index is 1.63. The van der Waals surface area contributed by atoms with Crippen molar-refractivity contribution >= 4 is 42.6 Å². The van der Waals surface area contributed by atoms with Crippen LogP contribution in [-0.2, 0) is 0 Å². The summed E-state index contributed by atoms with van der Waals surface area (Å²) in [6.07, 6.45) is 4.09. The summed E-state index contributed by atoms with van der Waals surface area (Å²) in [6, 6.07) is 6.68. The predicted molar refractivity (Wildman–Crippen MR) is 90.7 cm³/mol. The van der Waals surface area contributed by atoms with Crippen molar-refractivity contribution in [1.29, 1.82) is 0 Å². The number of halogens is 1. The van der Waals surface area contributed by atoms with Gasteiger partial charge in [-0.3, -0.25) is 0 Å². The van der Waals surface area contributed by atoms with Gasteiger partial charge in [-0.1, -0.05) is 33.7 Å². The third-order valence-corrected chi connectivity index (χ3v) is 5.14. The van der Waals surface area contributed by atoms with E-state index in [4.69, 9.17) is 0 Å². The van der Waals surface area contributed by atoms with E-state index < -0.39 is 0 Å². The van der Waals surface area contributed by atoms with Crippen LogP contribution in [0.2, 0.25) is 0 Å². The molecule has 1 N–H and O–H groups in total. The molecule has 1 unspecified atom stereocenters. The van der Waals surface area contributed by atoms with Crippen LogP contribution < -0.4 is 5.32 Å². The summed E-state index contributed by atoms with van der Waals surface area (Å²) in [5.74, 6) is 0. The van der Waals surface area contributed by atoms with Gasteiger partial charge in [-0.15, -0.1) is 0 Å². The number of thiazole rings is 1. The predicted octanol–water partition coefficient (Wildman–Crippen LogP) is 4.35. The van der Waals surface area contributed by atoms with Crippen molar-refractivity contribution in [2.75, 3.05) is 25.0 Å². The number of nitrogens with one attached hydrogen (secondary N) is 1. The van der Waals surface area contributed by atoms with E-state index in [9.17, 15) is 0 Å². The molecule has 2 heterocycles. The average Bonchev–Trinajstić information content (AvgIpc) is 2.80. The monoisotopic (exact) mass is 353 g/mol. The number of hydrogen-bond donors (Lipinski definition) is 1. The molecule has 1 atom stereocenters. The van der Waals surface area contributed by atoms with Crippen LogP contribution in [0.25, 0.3) is 10.2 Å². The quantitative estimate of drug-likeness (QED) is 0.885. The second-order valence-electron chi connectivity index (χ2n) is 5.54. The highest BCUT2D eigenvalue weighted by atomic mass is 79.9. The van der Waals surface area contributed by atoms with E-state index in [1.807, 2.05) is 6.07 Å². The molecule has 1 aliphatic heterocycles. The van der Waals surface area contributed by atoms with Gasteiger partial charge >= 0.3 is 0 Å². The number of aromatic nitrogens is 1. The molecular weight excluding hydrogens is 334 g/mol. The lowest BCUT2D eigenvalue weighted by atomic mass is 10.1. The first-order valence-electron chi connectivity index (χ1n) is 7.26. The van der Waals surface area contributed by atoms with Crippen LogP contribution in [0.3, 0.4) is 0 Å². The Morgan fingerprint density at radius 3 is 2.95 bits per heavy atom. The Hall–Kier alpha value is -0.650. The first-order chi connectivity index (χ1) is 9.70. The molecular formula is C15H20BrN3S. The lowest BCUT2D eigenvalue weighted by Crippen LogP contribution is -2.38. The van der Waals surface area contributed by atoms with E-state index in [1.165, 1.54) is 37.1 Å². The van der Waals surface area contributed by atoms with Gasteiger partial charge in [0.05, 0.1) is 10.2 Å². The van der Waals surface area contributed by atoms with Crippen molar-refractivity contribution in [3.8, 4) is 0 Å². The molecule has 3 nitrogen and oxygen atoms in total. The molecule has 1 aromatic carbocycles. The maximum atomic E-state index is 4.65. The van der Waals surface area contributed by atoms with Gasteiger partial charge in [-0.05, 0) is 51.1 Å². The normalized spacial score (nSPS) is 18.3. The molecule has 1 fully saturated rings. The zero-order valence-electron chi connectivity index (χ0n) is 11.7. The van der Waals surface area contributed by atoms with E-state index in [0.717, 1.165) is 21.7 Å². The highest BCUT2D eigenvalue weighted by Gasteiger charge is 2.14. The summed E-state index contributed by atoms with van der Waals surface area (Å²) < 4.78 is 2.34. The number of rotatable bonds is 4. The topological polar surface area (TPSA) is 28.2 Å².